The summed E-state index contributed by atoms with van der Waals surface area (Å²) in [5.74, 6) is -0.429. The van der Waals surface area contributed by atoms with E-state index in [4.69, 9.17) is 4.42 Å². The summed E-state index contributed by atoms with van der Waals surface area (Å²) in [5.41, 5.74) is -1.64. The Kier molecular flexibility index (Phi) is 4.09. The van der Waals surface area contributed by atoms with Crippen molar-refractivity contribution in [2.45, 2.75) is 31.5 Å². The van der Waals surface area contributed by atoms with Crippen molar-refractivity contribution in [3.63, 3.8) is 0 Å². The van der Waals surface area contributed by atoms with E-state index < -0.39 is 23.1 Å². The van der Waals surface area contributed by atoms with Gasteiger partial charge >= 0.3 is 6.18 Å². The molecule has 3 aromatic rings. The van der Waals surface area contributed by atoms with E-state index in [1.165, 1.54) is 24.5 Å². The van der Waals surface area contributed by atoms with Gasteiger partial charge in [-0.3, -0.25) is 4.79 Å². The van der Waals surface area contributed by atoms with E-state index in [0.717, 1.165) is 23.6 Å². The molecule has 0 bridgehead atoms. The first-order valence-corrected chi connectivity index (χ1v) is 8.21. The van der Waals surface area contributed by atoms with Crippen LogP contribution in [0, 0.1) is 5.82 Å². The Bertz CT molecular complexity index is 1050. The maximum absolute atomic E-state index is 13.3. The van der Waals surface area contributed by atoms with Gasteiger partial charge in [0, 0.05) is 11.5 Å². The quantitative estimate of drug-likeness (QED) is 0.644. The Morgan fingerprint density at radius 2 is 2.00 bits per heavy atom. The number of benzene rings is 1. The largest absolute Gasteiger partial charge is 0.444 e. The highest BCUT2D eigenvalue weighted by atomic mass is 19.4. The van der Waals surface area contributed by atoms with Crippen molar-refractivity contribution in [3.05, 3.63) is 69.7 Å². The number of hydrogen-bond acceptors (Lipinski definition) is 4. The van der Waals surface area contributed by atoms with Crippen molar-refractivity contribution in [1.29, 1.82) is 0 Å². The van der Waals surface area contributed by atoms with Crippen molar-refractivity contribution in [2.75, 3.05) is 0 Å². The minimum atomic E-state index is -4.76. The van der Waals surface area contributed by atoms with Crippen LogP contribution >= 0.6 is 0 Å². The van der Waals surface area contributed by atoms with Crippen LogP contribution in [0.4, 0.5) is 17.6 Å². The number of nitrogens with zero attached hydrogens (tertiary/aromatic N) is 3. The summed E-state index contributed by atoms with van der Waals surface area (Å²) in [4.78, 5) is 16.3. The van der Waals surface area contributed by atoms with Crippen molar-refractivity contribution in [1.82, 2.24) is 14.8 Å². The lowest BCUT2D eigenvalue weighted by Gasteiger charge is -2.11. The lowest BCUT2D eigenvalue weighted by Crippen LogP contribution is -2.31. The summed E-state index contributed by atoms with van der Waals surface area (Å²) < 4.78 is 58.9. The zero-order valence-corrected chi connectivity index (χ0v) is 13.8. The van der Waals surface area contributed by atoms with Gasteiger partial charge in [-0.15, -0.1) is 0 Å². The molecule has 1 saturated carbocycles. The van der Waals surface area contributed by atoms with Gasteiger partial charge in [0.25, 0.3) is 5.56 Å². The summed E-state index contributed by atoms with van der Waals surface area (Å²) in [6.45, 7) is -0.276. The smallest absolute Gasteiger partial charge is 0.421 e. The highest BCUT2D eigenvalue weighted by Gasteiger charge is 2.37. The van der Waals surface area contributed by atoms with E-state index in [0.29, 0.717) is 5.56 Å². The van der Waals surface area contributed by atoms with Crippen LogP contribution in [0.1, 0.15) is 35.7 Å². The van der Waals surface area contributed by atoms with Crippen LogP contribution < -0.4 is 5.56 Å². The third kappa shape index (κ3) is 3.62. The van der Waals surface area contributed by atoms with Gasteiger partial charge in [0.05, 0.1) is 12.2 Å². The molecule has 1 aliphatic carbocycles. The van der Waals surface area contributed by atoms with Gasteiger partial charge in [-0.2, -0.15) is 18.3 Å². The third-order valence-corrected chi connectivity index (χ3v) is 4.23. The number of hydrogen-bond donors (Lipinski definition) is 0. The topological polar surface area (TPSA) is 60.9 Å². The van der Waals surface area contributed by atoms with Gasteiger partial charge in [-0.05, 0) is 37.1 Å². The van der Waals surface area contributed by atoms with Crippen LogP contribution in [0.3, 0.4) is 0 Å². The predicted molar refractivity (Wildman–Crippen MR) is 86.5 cm³/mol. The molecule has 0 atom stereocenters. The average molecular weight is 379 g/mol. The molecule has 140 valence electrons. The lowest BCUT2D eigenvalue weighted by molar-refractivity contribution is -0.139. The molecule has 9 heteroatoms. The van der Waals surface area contributed by atoms with Gasteiger partial charge in [0.15, 0.2) is 0 Å². The van der Waals surface area contributed by atoms with E-state index in [2.05, 4.69) is 10.1 Å². The van der Waals surface area contributed by atoms with E-state index in [1.807, 2.05) is 0 Å². The third-order valence-electron chi connectivity index (χ3n) is 4.23. The summed E-state index contributed by atoms with van der Waals surface area (Å²) in [7, 11) is 0. The molecule has 5 nitrogen and oxygen atoms in total. The number of aromatic nitrogens is 3. The van der Waals surface area contributed by atoms with Crippen LogP contribution in [0.2, 0.25) is 0 Å². The first-order valence-electron chi connectivity index (χ1n) is 8.21. The van der Waals surface area contributed by atoms with E-state index in [1.54, 1.807) is 6.07 Å². The normalized spacial score (nSPS) is 14.5. The molecule has 0 aliphatic heterocycles. The van der Waals surface area contributed by atoms with Gasteiger partial charge in [0.1, 0.15) is 23.3 Å². The number of oxazole rings is 1. The van der Waals surface area contributed by atoms with Crippen LogP contribution in [-0.4, -0.2) is 14.8 Å². The number of halogens is 4. The molecule has 0 spiro atoms. The minimum Gasteiger partial charge on any atom is -0.444 e. The lowest BCUT2D eigenvalue weighted by atomic mass is 10.2. The maximum atomic E-state index is 13.3. The van der Waals surface area contributed by atoms with Crippen LogP contribution in [0.25, 0.3) is 11.5 Å². The van der Waals surface area contributed by atoms with E-state index in [-0.39, 0.29) is 29.7 Å². The summed E-state index contributed by atoms with van der Waals surface area (Å²) >= 11 is 0. The molecule has 2 aromatic heterocycles. The monoisotopic (exact) mass is 379 g/mol. The Morgan fingerprint density at radius 1 is 1.22 bits per heavy atom. The number of alkyl halides is 3. The van der Waals surface area contributed by atoms with Crippen molar-refractivity contribution in [3.8, 4) is 11.5 Å². The molecule has 0 radical (unpaired) electrons. The molecule has 0 N–H and O–H groups in total. The SMILES string of the molecule is O=c1c(C(F)(F)F)cc(C2CC2)nn1Cc1coc(-c2cccc(F)c2)n1. The van der Waals surface area contributed by atoms with Crippen molar-refractivity contribution < 1.29 is 22.0 Å². The van der Waals surface area contributed by atoms with Gasteiger partial charge in [-0.25, -0.2) is 14.1 Å². The molecular weight excluding hydrogens is 366 g/mol. The Labute approximate surface area is 150 Å². The first kappa shape index (κ1) is 17.4. The molecule has 0 amide bonds. The molecule has 0 saturated heterocycles. The van der Waals surface area contributed by atoms with Gasteiger partial charge in [0.2, 0.25) is 5.89 Å². The maximum Gasteiger partial charge on any atom is 0.421 e. The molecule has 27 heavy (non-hydrogen) atoms. The summed E-state index contributed by atoms with van der Waals surface area (Å²) in [5, 5.41) is 4.06. The zero-order chi connectivity index (χ0) is 19.2. The average Bonchev–Trinajstić information content (AvgIpc) is 3.35. The minimum absolute atomic E-state index is 0.0573. The molecular formula is C18H13F4N3O2. The molecule has 1 aliphatic rings. The Morgan fingerprint density at radius 3 is 2.67 bits per heavy atom. The standard InChI is InChI=1S/C18H13F4N3O2/c19-12-3-1-2-11(6-12)16-23-13(9-27-16)8-25-17(26)14(18(20,21)22)7-15(24-25)10-4-5-10/h1-3,6-7,9-10H,4-5,8H2. The predicted octanol–water partition coefficient (Wildman–Crippen LogP) is 3.98. The first-order chi connectivity index (χ1) is 12.8. The molecule has 2 heterocycles. The van der Waals surface area contributed by atoms with Gasteiger partial charge in [-0.1, -0.05) is 6.07 Å². The van der Waals surface area contributed by atoms with Crippen LogP contribution in [-0.2, 0) is 12.7 Å². The second-order valence-electron chi connectivity index (χ2n) is 6.37. The van der Waals surface area contributed by atoms with Crippen molar-refractivity contribution in [2.24, 2.45) is 0 Å². The second kappa shape index (κ2) is 6.33. The van der Waals surface area contributed by atoms with E-state index in [9.17, 15) is 22.4 Å². The molecule has 0 unspecified atom stereocenters. The molecule has 4 rings (SSSR count). The molecule has 1 fully saturated rings. The highest BCUT2D eigenvalue weighted by Crippen LogP contribution is 2.40. The zero-order valence-electron chi connectivity index (χ0n) is 13.8. The van der Waals surface area contributed by atoms with Crippen LogP contribution in [0.5, 0.6) is 0 Å². The van der Waals surface area contributed by atoms with E-state index >= 15 is 0 Å². The second-order valence-corrected chi connectivity index (χ2v) is 6.37. The van der Waals surface area contributed by atoms with Crippen molar-refractivity contribution >= 4 is 0 Å². The number of rotatable bonds is 4. The summed E-state index contributed by atoms with van der Waals surface area (Å²) in [6, 6.07) is 6.37. The van der Waals surface area contributed by atoms with Gasteiger partial charge < -0.3 is 4.42 Å². The van der Waals surface area contributed by atoms with Crippen LogP contribution in [0.15, 0.2) is 45.8 Å². The fourth-order valence-corrected chi connectivity index (χ4v) is 2.74. The fourth-order valence-electron chi connectivity index (χ4n) is 2.74. The Balaban J connectivity index is 1.69. The summed E-state index contributed by atoms with van der Waals surface area (Å²) in [6.07, 6.45) is -2.06. The molecule has 1 aromatic carbocycles. The highest BCUT2D eigenvalue weighted by molar-refractivity contribution is 5.52. The fraction of sp³-hybridized carbons (Fsp3) is 0.278. The Hall–Kier alpha value is -2.97.